The fraction of sp³-hybridized carbons (Fsp3) is 0.333. The third-order valence-corrected chi connectivity index (χ3v) is 2.01. The zero-order chi connectivity index (χ0) is 11.4. The molecule has 15 heavy (non-hydrogen) atoms. The molecule has 0 amide bonds. The fourth-order valence-electron chi connectivity index (χ4n) is 1.22. The van der Waals surface area contributed by atoms with E-state index in [0.717, 1.165) is 0 Å². The first-order valence-electron chi connectivity index (χ1n) is 4.30. The lowest BCUT2D eigenvalue weighted by atomic mass is 10.1. The lowest BCUT2D eigenvalue weighted by Gasteiger charge is -2.10. The van der Waals surface area contributed by atoms with Gasteiger partial charge in [0.25, 0.3) is 5.69 Å². The summed E-state index contributed by atoms with van der Waals surface area (Å²) in [4.78, 5) is 10.1. The Balaban J connectivity index is 3.22. The molecule has 0 aliphatic heterocycles. The Morgan fingerprint density at radius 2 is 2.33 bits per heavy atom. The summed E-state index contributed by atoms with van der Waals surface area (Å²) in [5.41, 5.74) is 5.26. The standard InChI is InChI=1S/C9H12N2O4/c1-15-6-2-3-8(11(13)14)7(4-6)9(12)5-10/h2-4,9,12H,5,10H2,1H3/t9-/m0/s1. The van der Waals surface area contributed by atoms with Crippen LogP contribution in [0, 0.1) is 10.1 Å². The summed E-state index contributed by atoms with van der Waals surface area (Å²) in [5.74, 6) is 0.447. The Morgan fingerprint density at radius 3 is 2.80 bits per heavy atom. The third kappa shape index (κ3) is 2.42. The van der Waals surface area contributed by atoms with E-state index < -0.39 is 11.0 Å². The second-order valence-corrected chi connectivity index (χ2v) is 2.93. The van der Waals surface area contributed by atoms with Crippen molar-refractivity contribution in [2.24, 2.45) is 5.73 Å². The number of hydrogen-bond donors (Lipinski definition) is 2. The van der Waals surface area contributed by atoms with Crippen molar-refractivity contribution in [1.82, 2.24) is 0 Å². The van der Waals surface area contributed by atoms with Gasteiger partial charge in [-0.25, -0.2) is 0 Å². The number of nitro benzene ring substituents is 1. The summed E-state index contributed by atoms with van der Waals surface area (Å²) in [6, 6.07) is 4.16. The highest BCUT2D eigenvalue weighted by molar-refractivity contribution is 5.46. The fourth-order valence-corrected chi connectivity index (χ4v) is 1.22. The number of nitrogens with two attached hydrogens (primary N) is 1. The van der Waals surface area contributed by atoms with Gasteiger partial charge in [0.15, 0.2) is 0 Å². The van der Waals surface area contributed by atoms with Crippen molar-refractivity contribution in [3.05, 3.63) is 33.9 Å². The van der Waals surface area contributed by atoms with Gasteiger partial charge in [0.05, 0.1) is 23.7 Å². The number of hydrogen-bond acceptors (Lipinski definition) is 5. The molecule has 6 nitrogen and oxygen atoms in total. The van der Waals surface area contributed by atoms with Gasteiger partial charge in [-0.15, -0.1) is 0 Å². The van der Waals surface area contributed by atoms with E-state index in [9.17, 15) is 15.2 Å². The summed E-state index contributed by atoms with van der Waals surface area (Å²) >= 11 is 0. The average Bonchev–Trinajstić information content (AvgIpc) is 2.26. The lowest BCUT2D eigenvalue weighted by Crippen LogP contribution is -2.13. The first kappa shape index (κ1) is 11.4. The average molecular weight is 212 g/mol. The Labute approximate surface area is 86.4 Å². The highest BCUT2D eigenvalue weighted by Gasteiger charge is 2.20. The molecule has 1 atom stereocenters. The van der Waals surface area contributed by atoms with Gasteiger partial charge in [0, 0.05) is 12.6 Å². The smallest absolute Gasteiger partial charge is 0.275 e. The minimum absolute atomic E-state index is 0.0754. The number of nitro groups is 1. The molecular weight excluding hydrogens is 200 g/mol. The predicted molar refractivity (Wildman–Crippen MR) is 53.7 cm³/mol. The van der Waals surface area contributed by atoms with Crippen LogP contribution in [0.5, 0.6) is 5.75 Å². The van der Waals surface area contributed by atoms with Gasteiger partial charge in [-0.1, -0.05) is 0 Å². The molecule has 3 N–H and O–H groups in total. The molecule has 0 radical (unpaired) electrons. The minimum atomic E-state index is -1.06. The predicted octanol–water partition coefficient (Wildman–Crippen LogP) is 0.595. The number of nitrogens with zero attached hydrogens (tertiary/aromatic N) is 1. The second kappa shape index (κ2) is 4.72. The van der Waals surface area contributed by atoms with E-state index in [2.05, 4.69) is 0 Å². The van der Waals surface area contributed by atoms with E-state index in [1.807, 2.05) is 0 Å². The summed E-state index contributed by atoms with van der Waals surface area (Å²) in [7, 11) is 1.44. The van der Waals surface area contributed by atoms with Crippen LogP contribution in [0.25, 0.3) is 0 Å². The van der Waals surface area contributed by atoms with Crippen LogP contribution in [0.15, 0.2) is 18.2 Å². The van der Waals surface area contributed by atoms with Crippen molar-refractivity contribution in [3.63, 3.8) is 0 Å². The van der Waals surface area contributed by atoms with Crippen LogP contribution in [0.2, 0.25) is 0 Å². The molecule has 0 spiro atoms. The third-order valence-electron chi connectivity index (χ3n) is 2.01. The Hall–Kier alpha value is -1.66. The van der Waals surface area contributed by atoms with Crippen molar-refractivity contribution < 1.29 is 14.8 Å². The molecule has 0 saturated carbocycles. The maximum Gasteiger partial charge on any atom is 0.275 e. The van der Waals surface area contributed by atoms with Crippen LogP contribution < -0.4 is 10.5 Å². The molecule has 0 fully saturated rings. The largest absolute Gasteiger partial charge is 0.497 e. The van der Waals surface area contributed by atoms with E-state index >= 15 is 0 Å². The van der Waals surface area contributed by atoms with Gasteiger partial charge in [-0.2, -0.15) is 0 Å². The molecule has 0 aliphatic carbocycles. The number of aliphatic hydroxyl groups is 1. The molecule has 1 aromatic carbocycles. The summed E-state index contributed by atoms with van der Waals surface area (Å²) in [5, 5.41) is 20.1. The van der Waals surface area contributed by atoms with Crippen molar-refractivity contribution >= 4 is 5.69 Å². The zero-order valence-electron chi connectivity index (χ0n) is 8.21. The van der Waals surface area contributed by atoms with E-state index in [0.29, 0.717) is 5.75 Å². The number of aliphatic hydroxyl groups excluding tert-OH is 1. The van der Waals surface area contributed by atoms with Gasteiger partial charge in [0.2, 0.25) is 0 Å². The van der Waals surface area contributed by atoms with Crippen LogP contribution in [0.3, 0.4) is 0 Å². The highest BCUT2D eigenvalue weighted by atomic mass is 16.6. The van der Waals surface area contributed by atoms with Gasteiger partial charge in [0.1, 0.15) is 5.75 Å². The summed E-state index contributed by atoms with van der Waals surface area (Å²) in [6.07, 6.45) is -1.06. The van der Waals surface area contributed by atoms with E-state index in [-0.39, 0.29) is 17.8 Å². The van der Waals surface area contributed by atoms with Crippen LogP contribution in [-0.4, -0.2) is 23.7 Å². The molecule has 0 bridgehead atoms. The maximum absolute atomic E-state index is 10.7. The van der Waals surface area contributed by atoms with Crippen molar-refractivity contribution in [3.8, 4) is 5.75 Å². The van der Waals surface area contributed by atoms with E-state index in [1.54, 1.807) is 0 Å². The Kier molecular flexibility index (Phi) is 3.59. The molecule has 0 heterocycles. The minimum Gasteiger partial charge on any atom is -0.497 e. The monoisotopic (exact) mass is 212 g/mol. The van der Waals surface area contributed by atoms with Gasteiger partial charge >= 0.3 is 0 Å². The van der Waals surface area contributed by atoms with Gasteiger partial charge < -0.3 is 15.6 Å². The number of methoxy groups -OCH3 is 1. The first-order valence-corrected chi connectivity index (χ1v) is 4.30. The molecule has 1 rings (SSSR count). The van der Waals surface area contributed by atoms with E-state index in [4.69, 9.17) is 10.5 Å². The van der Waals surface area contributed by atoms with Crippen molar-refractivity contribution in [2.75, 3.05) is 13.7 Å². The molecular formula is C9H12N2O4. The Morgan fingerprint density at radius 1 is 1.67 bits per heavy atom. The SMILES string of the molecule is COc1ccc([N+](=O)[O-])c([C@@H](O)CN)c1. The molecule has 0 aromatic heterocycles. The van der Waals surface area contributed by atoms with Crippen LogP contribution in [-0.2, 0) is 0 Å². The van der Waals surface area contributed by atoms with E-state index in [1.165, 1.54) is 25.3 Å². The quantitative estimate of drug-likeness (QED) is 0.562. The van der Waals surface area contributed by atoms with Crippen LogP contribution in [0.4, 0.5) is 5.69 Å². The molecule has 1 aromatic rings. The van der Waals surface area contributed by atoms with Crippen LogP contribution in [0.1, 0.15) is 11.7 Å². The normalized spacial score (nSPS) is 12.2. The first-order chi connectivity index (χ1) is 7.10. The lowest BCUT2D eigenvalue weighted by molar-refractivity contribution is -0.386. The second-order valence-electron chi connectivity index (χ2n) is 2.93. The topological polar surface area (TPSA) is 98.6 Å². The molecule has 0 aliphatic rings. The van der Waals surface area contributed by atoms with Gasteiger partial charge in [-0.3, -0.25) is 10.1 Å². The summed E-state index contributed by atoms with van der Waals surface area (Å²) < 4.78 is 4.91. The number of ether oxygens (including phenoxy) is 1. The molecule has 0 saturated heterocycles. The molecule has 0 unspecified atom stereocenters. The number of benzene rings is 1. The highest BCUT2D eigenvalue weighted by Crippen LogP contribution is 2.28. The number of rotatable bonds is 4. The van der Waals surface area contributed by atoms with Crippen LogP contribution >= 0.6 is 0 Å². The maximum atomic E-state index is 10.7. The molecule has 6 heteroatoms. The van der Waals surface area contributed by atoms with Crippen molar-refractivity contribution in [1.29, 1.82) is 0 Å². The molecule has 82 valence electrons. The zero-order valence-corrected chi connectivity index (χ0v) is 8.21. The van der Waals surface area contributed by atoms with Crippen molar-refractivity contribution in [2.45, 2.75) is 6.10 Å². The summed E-state index contributed by atoms with van der Waals surface area (Å²) in [6.45, 7) is -0.0754. The van der Waals surface area contributed by atoms with Gasteiger partial charge in [-0.05, 0) is 12.1 Å². The Bertz CT molecular complexity index is 367.